The smallest absolute Gasteiger partial charge is 0.416 e. The summed E-state index contributed by atoms with van der Waals surface area (Å²) < 4.78 is 46.4. The van der Waals surface area contributed by atoms with E-state index in [2.05, 4.69) is 26.7 Å². The summed E-state index contributed by atoms with van der Waals surface area (Å²) in [6.45, 7) is 3.33. The zero-order valence-corrected chi connectivity index (χ0v) is 24.4. The van der Waals surface area contributed by atoms with Crippen molar-refractivity contribution in [3.63, 3.8) is 0 Å². The Hall–Kier alpha value is -4.23. The Balaban J connectivity index is 1.44. The number of benzene rings is 2. The van der Waals surface area contributed by atoms with Crippen LogP contribution in [0.1, 0.15) is 49.8 Å². The van der Waals surface area contributed by atoms with Crippen LogP contribution in [0.5, 0.6) is 0 Å². The van der Waals surface area contributed by atoms with E-state index in [1.54, 1.807) is 6.07 Å². The van der Waals surface area contributed by atoms with Crippen LogP contribution in [0.4, 0.5) is 35.2 Å². The normalized spacial score (nSPS) is 18.5. The largest absolute Gasteiger partial charge is 0.428 e. The van der Waals surface area contributed by atoms with Crippen LogP contribution in [0.25, 0.3) is 11.3 Å². The molecule has 44 heavy (non-hydrogen) atoms. The zero-order valence-electron chi connectivity index (χ0n) is 24.4. The number of nitrogens with zero attached hydrogens (tertiary/aromatic N) is 3. The first-order valence-corrected chi connectivity index (χ1v) is 14.4. The van der Waals surface area contributed by atoms with Crippen LogP contribution in [-0.2, 0) is 28.5 Å². The van der Waals surface area contributed by atoms with Crippen LogP contribution < -0.4 is 16.4 Å². The van der Waals surface area contributed by atoms with Gasteiger partial charge >= 0.3 is 12.3 Å². The molecule has 1 unspecified atom stereocenters. The van der Waals surface area contributed by atoms with Gasteiger partial charge in [0.2, 0.25) is 5.91 Å². The highest BCUT2D eigenvalue weighted by atomic mass is 19.4. The van der Waals surface area contributed by atoms with E-state index < -0.39 is 35.5 Å². The van der Waals surface area contributed by atoms with E-state index in [9.17, 15) is 27.9 Å². The van der Waals surface area contributed by atoms with E-state index in [0.29, 0.717) is 25.1 Å². The van der Waals surface area contributed by atoms with Crippen LogP contribution in [-0.4, -0.2) is 56.9 Å². The number of alkyl halides is 3. The van der Waals surface area contributed by atoms with Crippen LogP contribution in [0.15, 0.2) is 48.8 Å². The molecule has 0 bridgehead atoms. The molecule has 0 radical (unpaired) electrons. The molecule has 234 valence electrons. The highest BCUT2D eigenvalue weighted by Gasteiger charge is 2.38. The Morgan fingerprint density at radius 2 is 1.91 bits per heavy atom. The fraction of sp³-hybridized carbons (Fsp3) is 0.419. The monoisotopic (exact) mass is 612 g/mol. The van der Waals surface area contributed by atoms with E-state index >= 15 is 0 Å². The van der Waals surface area contributed by atoms with E-state index in [-0.39, 0.29) is 36.0 Å². The van der Waals surface area contributed by atoms with Crippen LogP contribution in [0, 0.1) is 5.92 Å². The van der Waals surface area contributed by atoms with Gasteiger partial charge in [0.05, 0.1) is 16.9 Å². The Bertz CT molecular complexity index is 1540. The maximum absolute atomic E-state index is 13.7. The molecule has 1 aliphatic carbocycles. The summed E-state index contributed by atoms with van der Waals surface area (Å²) in [6, 6.07) is 9.55. The van der Waals surface area contributed by atoms with Gasteiger partial charge in [0, 0.05) is 30.5 Å². The highest BCUT2D eigenvalue weighted by Crippen LogP contribution is 2.37. The molecule has 13 heteroatoms. The predicted molar refractivity (Wildman–Crippen MR) is 158 cm³/mol. The molecule has 1 saturated heterocycles. The van der Waals surface area contributed by atoms with Crippen molar-refractivity contribution in [3.05, 3.63) is 65.5 Å². The van der Waals surface area contributed by atoms with Crippen LogP contribution in [0.2, 0.25) is 0 Å². The van der Waals surface area contributed by atoms with Gasteiger partial charge in [-0.05, 0) is 81.2 Å². The number of halogens is 3. The number of rotatable bonds is 7. The first-order chi connectivity index (χ1) is 20.8. The third-order valence-corrected chi connectivity index (χ3v) is 7.80. The quantitative estimate of drug-likeness (QED) is 0.266. The molecule has 2 aromatic carbocycles. The number of hydrogen-bond donors (Lipinski definition) is 4. The van der Waals surface area contributed by atoms with E-state index in [4.69, 9.17) is 10.5 Å². The standard InChI is InChI=1S/C31H35F3N6O4/c1-30(2,35)44-29(43)40-12-4-7-26(40)28(42)39-25-14-20(31(32,33)34)10-11-21(25)24-15-27(37-17-36-24)38-23-6-3-5-19-9-8-18(16-41)13-22(19)23/h3,5-6,10-11,14-15,17-18,26,41H,4,7-9,12-13,16,35H2,1-2H3,(H,39,42)(H,36,37,38)/t18?,26-/m0/s1. The van der Waals surface area contributed by atoms with Gasteiger partial charge in [-0.2, -0.15) is 13.2 Å². The lowest BCUT2D eigenvalue weighted by Crippen LogP contribution is -2.48. The molecule has 2 atom stereocenters. The van der Waals surface area contributed by atoms with Crippen molar-refractivity contribution < 1.29 is 32.6 Å². The molecule has 1 fully saturated rings. The molecule has 5 N–H and O–H groups in total. The number of hydrogen-bond acceptors (Lipinski definition) is 8. The highest BCUT2D eigenvalue weighted by molar-refractivity contribution is 6.00. The van der Waals surface area contributed by atoms with Gasteiger partial charge < -0.3 is 20.5 Å². The minimum Gasteiger partial charge on any atom is -0.428 e. The Morgan fingerprint density at radius 1 is 1.11 bits per heavy atom. The SMILES string of the molecule is CC(C)(N)OC(=O)N1CCC[C@H]1C(=O)Nc1cc(C(F)(F)F)ccc1-c1cc(Nc2cccc3c2CC(CO)CC3)ncn1. The molecule has 2 amide bonds. The van der Waals surface area contributed by atoms with Gasteiger partial charge in [-0.3, -0.25) is 15.4 Å². The van der Waals surface area contributed by atoms with E-state index in [0.717, 1.165) is 36.2 Å². The summed E-state index contributed by atoms with van der Waals surface area (Å²) in [7, 11) is 0. The first kappa shape index (κ1) is 31.2. The molecule has 0 saturated carbocycles. The summed E-state index contributed by atoms with van der Waals surface area (Å²) in [5.41, 5.74) is 7.05. The van der Waals surface area contributed by atoms with E-state index in [1.807, 2.05) is 12.1 Å². The topological polar surface area (TPSA) is 143 Å². The van der Waals surface area contributed by atoms with Gasteiger partial charge in [-0.25, -0.2) is 14.8 Å². The van der Waals surface area contributed by atoms with Gasteiger partial charge in [0.15, 0.2) is 5.72 Å². The second-order valence-electron chi connectivity index (χ2n) is 11.7. The fourth-order valence-corrected chi connectivity index (χ4v) is 5.65. The second-order valence-corrected chi connectivity index (χ2v) is 11.7. The molecular formula is C31H35F3N6O4. The minimum atomic E-state index is -4.66. The van der Waals surface area contributed by atoms with Gasteiger partial charge in [-0.1, -0.05) is 18.2 Å². The summed E-state index contributed by atoms with van der Waals surface area (Å²) in [5, 5.41) is 15.6. The molecule has 2 aliphatic rings. The number of fused-ring (bicyclic) bond motifs is 1. The number of nitrogens with one attached hydrogen (secondary N) is 2. The maximum atomic E-state index is 13.7. The van der Waals surface area contributed by atoms with Crippen LogP contribution >= 0.6 is 0 Å². The summed E-state index contributed by atoms with van der Waals surface area (Å²) in [4.78, 5) is 35.9. The van der Waals surface area contributed by atoms with Crippen molar-refractivity contribution in [1.82, 2.24) is 14.9 Å². The number of aryl methyl sites for hydroxylation is 1. The lowest BCUT2D eigenvalue weighted by molar-refractivity contribution is -0.137. The van der Waals surface area contributed by atoms with Crippen molar-refractivity contribution in [3.8, 4) is 11.3 Å². The van der Waals surface area contributed by atoms with Gasteiger partial charge in [0.25, 0.3) is 0 Å². The molecule has 5 rings (SSSR count). The summed E-state index contributed by atoms with van der Waals surface area (Å²) in [5.74, 6) is -0.0958. The molecule has 1 aliphatic heterocycles. The molecular weight excluding hydrogens is 577 g/mol. The number of carbonyl (C=O) groups is 2. The van der Waals surface area contributed by atoms with Crippen molar-refractivity contribution in [2.75, 3.05) is 23.8 Å². The number of carbonyl (C=O) groups excluding carboxylic acids is 2. The Morgan fingerprint density at radius 3 is 2.64 bits per heavy atom. The van der Waals surface area contributed by atoms with Crippen LogP contribution in [0.3, 0.4) is 0 Å². The Labute approximate surface area is 252 Å². The van der Waals surface area contributed by atoms with Crippen molar-refractivity contribution in [2.24, 2.45) is 11.7 Å². The fourth-order valence-electron chi connectivity index (χ4n) is 5.65. The third kappa shape index (κ3) is 7.11. The number of aliphatic hydroxyl groups excluding tert-OH is 1. The third-order valence-electron chi connectivity index (χ3n) is 7.80. The number of anilines is 3. The average Bonchev–Trinajstić information content (AvgIpc) is 3.47. The minimum absolute atomic E-state index is 0.0959. The molecule has 10 nitrogen and oxygen atoms in total. The second kappa shape index (κ2) is 12.4. The lowest BCUT2D eigenvalue weighted by atomic mass is 9.83. The molecule has 0 spiro atoms. The Kier molecular flexibility index (Phi) is 8.80. The molecule has 2 heterocycles. The predicted octanol–water partition coefficient (Wildman–Crippen LogP) is 5.24. The number of amides is 2. The number of likely N-dealkylation sites (tertiary alicyclic amines) is 1. The number of nitrogens with two attached hydrogens (primary N) is 1. The van der Waals surface area contributed by atoms with Gasteiger partial charge in [-0.15, -0.1) is 0 Å². The van der Waals surface area contributed by atoms with Crippen molar-refractivity contribution in [1.29, 1.82) is 0 Å². The van der Waals surface area contributed by atoms with Crippen molar-refractivity contribution in [2.45, 2.75) is 63.9 Å². The summed E-state index contributed by atoms with van der Waals surface area (Å²) in [6.07, 6.45) is -0.883. The number of aromatic nitrogens is 2. The lowest BCUT2D eigenvalue weighted by Gasteiger charge is -2.28. The molecule has 3 aromatic rings. The number of ether oxygens (including phenoxy) is 1. The van der Waals surface area contributed by atoms with Gasteiger partial charge in [0.1, 0.15) is 18.2 Å². The maximum Gasteiger partial charge on any atom is 0.416 e. The van der Waals surface area contributed by atoms with Crippen molar-refractivity contribution >= 4 is 29.2 Å². The summed E-state index contributed by atoms with van der Waals surface area (Å²) >= 11 is 0. The van der Waals surface area contributed by atoms with E-state index in [1.165, 1.54) is 36.7 Å². The first-order valence-electron chi connectivity index (χ1n) is 14.4. The zero-order chi connectivity index (χ0) is 31.6. The molecule has 1 aromatic heterocycles. The number of aliphatic hydroxyl groups is 1. The average molecular weight is 613 g/mol.